The molecule has 2 aromatic rings. The molecule has 2 amide bonds. The number of carbonyl (C=O) groups is 1. The number of benzene rings is 1. The van der Waals surface area contributed by atoms with Crippen LogP contribution in [0.1, 0.15) is 24.1 Å². The van der Waals surface area contributed by atoms with Gasteiger partial charge in [-0.15, -0.1) is 0 Å². The zero-order valence-corrected chi connectivity index (χ0v) is 15.0. The monoisotopic (exact) mass is 342 g/mol. The van der Waals surface area contributed by atoms with Gasteiger partial charge in [-0.2, -0.15) is 0 Å². The van der Waals surface area contributed by atoms with Gasteiger partial charge in [-0.3, -0.25) is 0 Å². The van der Waals surface area contributed by atoms with Gasteiger partial charge in [0.05, 0.1) is 12.6 Å². The number of nitrogens with zero attached hydrogens (tertiary/aromatic N) is 2. The van der Waals surface area contributed by atoms with E-state index >= 15 is 0 Å². The molecule has 134 valence electrons. The maximum absolute atomic E-state index is 12.3. The zero-order valence-electron chi connectivity index (χ0n) is 15.0. The molecule has 0 fully saturated rings. The Morgan fingerprint density at radius 2 is 1.96 bits per heavy atom. The van der Waals surface area contributed by atoms with Crippen LogP contribution in [0.3, 0.4) is 0 Å². The van der Waals surface area contributed by atoms with Gasteiger partial charge in [0.25, 0.3) is 0 Å². The van der Waals surface area contributed by atoms with E-state index in [4.69, 9.17) is 4.74 Å². The molecule has 0 aliphatic carbocycles. The summed E-state index contributed by atoms with van der Waals surface area (Å²) >= 11 is 0. The molecule has 1 heterocycles. The second-order valence-corrected chi connectivity index (χ2v) is 5.95. The number of carbonyl (C=O) groups excluding carboxylic acids is 1. The second kappa shape index (κ2) is 9.64. The lowest BCUT2D eigenvalue weighted by Gasteiger charge is -2.23. The molecule has 0 saturated heterocycles. The van der Waals surface area contributed by atoms with Crippen molar-refractivity contribution >= 4 is 6.03 Å². The summed E-state index contributed by atoms with van der Waals surface area (Å²) in [4.78, 5) is 18.6. The van der Waals surface area contributed by atoms with Crippen LogP contribution in [0.25, 0.3) is 0 Å². The van der Waals surface area contributed by atoms with Crippen LogP contribution in [-0.4, -0.2) is 43.2 Å². The SMILES string of the molecule is CCOc1ncccc1CNC(=O)NC(CN(C)C)c1ccccc1. The number of hydrogen-bond donors (Lipinski definition) is 2. The van der Waals surface area contributed by atoms with Crippen LogP contribution >= 0.6 is 0 Å². The van der Waals surface area contributed by atoms with E-state index in [1.807, 2.05) is 68.4 Å². The normalized spacial score (nSPS) is 11.8. The van der Waals surface area contributed by atoms with Crippen molar-refractivity contribution in [2.24, 2.45) is 0 Å². The molecule has 2 rings (SSSR count). The van der Waals surface area contributed by atoms with Gasteiger partial charge in [-0.05, 0) is 32.6 Å². The molecule has 1 aromatic carbocycles. The van der Waals surface area contributed by atoms with E-state index < -0.39 is 0 Å². The van der Waals surface area contributed by atoms with Gasteiger partial charge in [0.15, 0.2) is 0 Å². The van der Waals surface area contributed by atoms with Gasteiger partial charge < -0.3 is 20.3 Å². The predicted molar refractivity (Wildman–Crippen MR) is 98.5 cm³/mol. The number of likely N-dealkylation sites (N-methyl/N-ethyl adjacent to an activating group) is 1. The van der Waals surface area contributed by atoms with E-state index in [-0.39, 0.29) is 12.1 Å². The largest absolute Gasteiger partial charge is 0.478 e. The van der Waals surface area contributed by atoms with Gasteiger partial charge in [0.2, 0.25) is 5.88 Å². The van der Waals surface area contributed by atoms with Crippen molar-refractivity contribution in [3.05, 3.63) is 59.8 Å². The number of ether oxygens (including phenoxy) is 1. The molecule has 6 nitrogen and oxygen atoms in total. The third-order valence-electron chi connectivity index (χ3n) is 3.63. The summed E-state index contributed by atoms with van der Waals surface area (Å²) in [5, 5.41) is 5.92. The lowest BCUT2D eigenvalue weighted by molar-refractivity contribution is 0.232. The Labute approximate surface area is 149 Å². The van der Waals surface area contributed by atoms with Gasteiger partial charge in [0.1, 0.15) is 0 Å². The van der Waals surface area contributed by atoms with E-state index in [0.717, 1.165) is 11.1 Å². The van der Waals surface area contributed by atoms with Crippen LogP contribution in [0.15, 0.2) is 48.7 Å². The topological polar surface area (TPSA) is 66.5 Å². The van der Waals surface area contributed by atoms with Crippen LogP contribution in [0.4, 0.5) is 4.79 Å². The molecular weight excluding hydrogens is 316 g/mol. The zero-order chi connectivity index (χ0) is 18.1. The third-order valence-corrected chi connectivity index (χ3v) is 3.63. The lowest BCUT2D eigenvalue weighted by atomic mass is 10.1. The molecule has 0 aliphatic rings. The van der Waals surface area contributed by atoms with Crippen LogP contribution in [-0.2, 0) is 6.54 Å². The van der Waals surface area contributed by atoms with Crippen molar-refractivity contribution in [2.45, 2.75) is 19.5 Å². The average Bonchev–Trinajstić information content (AvgIpc) is 2.61. The molecule has 1 aromatic heterocycles. The minimum absolute atomic E-state index is 0.0866. The van der Waals surface area contributed by atoms with Crippen LogP contribution in [0.2, 0.25) is 0 Å². The second-order valence-electron chi connectivity index (χ2n) is 5.95. The Balaban J connectivity index is 1.97. The van der Waals surface area contributed by atoms with E-state index in [2.05, 4.69) is 15.6 Å². The summed E-state index contributed by atoms with van der Waals surface area (Å²) in [5.74, 6) is 0.554. The highest BCUT2D eigenvalue weighted by Gasteiger charge is 2.15. The van der Waals surface area contributed by atoms with E-state index in [1.165, 1.54) is 0 Å². The predicted octanol–water partition coefficient (Wildman–Crippen LogP) is 2.58. The fourth-order valence-electron chi connectivity index (χ4n) is 2.50. The highest BCUT2D eigenvalue weighted by atomic mass is 16.5. The van der Waals surface area contributed by atoms with E-state index in [0.29, 0.717) is 25.6 Å². The molecule has 0 spiro atoms. The van der Waals surface area contributed by atoms with Crippen molar-refractivity contribution in [1.82, 2.24) is 20.5 Å². The van der Waals surface area contributed by atoms with Crippen molar-refractivity contribution in [3.63, 3.8) is 0 Å². The summed E-state index contributed by atoms with van der Waals surface area (Å²) in [7, 11) is 3.97. The molecule has 2 N–H and O–H groups in total. The van der Waals surface area contributed by atoms with E-state index in [1.54, 1.807) is 6.20 Å². The number of pyridine rings is 1. The minimum Gasteiger partial charge on any atom is -0.478 e. The van der Waals surface area contributed by atoms with Gasteiger partial charge in [0, 0.05) is 24.8 Å². The first kappa shape index (κ1) is 18.7. The fourth-order valence-corrected chi connectivity index (χ4v) is 2.50. The lowest BCUT2D eigenvalue weighted by Crippen LogP contribution is -2.41. The van der Waals surface area contributed by atoms with Gasteiger partial charge in [-0.1, -0.05) is 36.4 Å². The highest BCUT2D eigenvalue weighted by molar-refractivity contribution is 5.74. The summed E-state index contributed by atoms with van der Waals surface area (Å²) in [5.41, 5.74) is 1.92. The number of aromatic nitrogens is 1. The van der Waals surface area contributed by atoms with Crippen molar-refractivity contribution in [1.29, 1.82) is 0 Å². The van der Waals surface area contributed by atoms with Crippen molar-refractivity contribution < 1.29 is 9.53 Å². The Bertz CT molecular complexity index is 661. The number of rotatable bonds is 8. The summed E-state index contributed by atoms with van der Waals surface area (Å²) in [6.07, 6.45) is 1.68. The molecule has 0 saturated carbocycles. The number of amides is 2. The minimum atomic E-state index is -0.220. The number of hydrogen-bond acceptors (Lipinski definition) is 4. The number of urea groups is 1. The molecule has 0 aliphatic heterocycles. The quantitative estimate of drug-likeness (QED) is 0.774. The summed E-state index contributed by atoms with van der Waals surface area (Å²) in [6.45, 7) is 3.52. The molecule has 1 unspecified atom stereocenters. The average molecular weight is 342 g/mol. The third kappa shape index (κ3) is 6.08. The molecule has 0 bridgehead atoms. The Hall–Kier alpha value is -2.60. The molecule has 25 heavy (non-hydrogen) atoms. The number of nitrogens with one attached hydrogen (secondary N) is 2. The maximum Gasteiger partial charge on any atom is 0.315 e. The molecule has 0 radical (unpaired) electrons. The van der Waals surface area contributed by atoms with Crippen LogP contribution in [0.5, 0.6) is 5.88 Å². The standard InChI is InChI=1S/C19H26N4O2/c1-4-25-18-16(11-8-12-20-18)13-21-19(24)22-17(14-23(2)3)15-9-6-5-7-10-15/h5-12,17H,4,13-14H2,1-3H3,(H2,21,22,24). The fraction of sp³-hybridized carbons (Fsp3) is 0.368. The Kier molecular flexibility index (Phi) is 7.22. The van der Waals surface area contributed by atoms with E-state index in [9.17, 15) is 4.79 Å². The first-order chi connectivity index (χ1) is 12.1. The Morgan fingerprint density at radius 3 is 2.64 bits per heavy atom. The van der Waals surface area contributed by atoms with Gasteiger partial charge >= 0.3 is 6.03 Å². The molecule has 6 heteroatoms. The Morgan fingerprint density at radius 1 is 1.20 bits per heavy atom. The maximum atomic E-state index is 12.3. The summed E-state index contributed by atoms with van der Waals surface area (Å²) < 4.78 is 5.48. The molecular formula is C19H26N4O2. The van der Waals surface area contributed by atoms with Gasteiger partial charge in [-0.25, -0.2) is 9.78 Å². The highest BCUT2D eigenvalue weighted by Crippen LogP contribution is 2.15. The summed E-state index contributed by atoms with van der Waals surface area (Å²) in [6, 6.07) is 13.4. The van der Waals surface area contributed by atoms with Crippen LogP contribution in [0, 0.1) is 0 Å². The molecule has 1 atom stereocenters. The first-order valence-electron chi connectivity index (χ1n) is 8.41. The van der Waals surface area contributed by atoms with Crippen molar-refractivity contribution in [3.8, 4) is 5.88 Å². The smallest absolute Gasteiger partial charge is 0.315 e. The first-order valence-corrected chi connectivity index (χ1v) is 8.41. The van der Waals surface area contributed by atoms with Crippen LogP contribution < -0.4 is 15.4 Å². The van der Waals surface area contributed by atoms with Crippen molar-refractivity contribution in [2.75, 3.05) is 27.2 Å².